The van der Waals surface area contributed by atoms with Crippen molar-refractivity contribution in [3.8, 4) is 11.1 Å². The van der Waals surface area contributed by atoms with Crippen molar-refractivity contribution in [2.24, 2.45) is 0 Å². The van der Waals surface area contributed by atoms with Crippen molar-refractivity contribution in [3.05, 3.63) is 77.1 Å². The van der Waals surface area contributed by atoms with E-state index in [9.17, 15) is 4.79 Å². The van der Waals surface area contributed by atoms with Gasteiger partial charge in [-0.05, 0) is 72.3 Å². The number of pyridine rings is 1. The Kier molecular flexibility index (Phi) is 6.30. The van der Waals surface area contributed by atoms with Gasteiger partial charge in [-0.2, -0.15) is 0 Å². The molecule has 0 atom stereocenters. The molecule has 6 heteroatoms. The van der Waals surface area contributed by atoms with Gasteiger partial charge in [0.1, 0.15) is 0 Å². The summed E-state index contributed by atoms with van der Waals surface area (Å²) < 4.78 is 0. The normalized spacial score (nSPS) is 14.1. The number of hydrogen-bond donors (Lipinski definition) is 0. The highest BCUT2D eigenvalue weighted by molar-refractivity contribution is 7.98. The third-order valence-electron chi connectivity index (χ3n) is 5.52. The molecule has 2 aromatic carbocycles. The van der Waals surface area contributed by atoms with E-state index in [1.807, 2.05) is 48.4 Å². The molecular formula is C24H24ClN3OS. The van der Waals surface area contributed by atoms with E-state index in [2.05, 4.69) is 28.1 Å². The van der Waals surface area contributed by atoms with E-state index in [-0.39, 0.29) is 5.91 Å². The summed E-state index contributed by atoms with van der Waals surface area (Å²) in [5.41, 5.74) is 4.95. The third kappa shape index (κ3) is 4.32. The van der Waals surface area contributed by atoms with E-state index in [4.69, 9.17) is 11.6 Å². The second-order valence-electron chi connectivity index (χ2n) is 7.36. The smallest absolute Gasteiger partial charge is 0.254 e. The first-order chi connectivity index (χ1) is 14.6. The van der Waals surface area contributed by atoms with Crippen LogP contribution in [0.1, 0.15) is 15.9 Å². The Morgan fingerprint density at radius 2 is 1.73 bits per heavy atom. The Labute approximate surface area is 186 Å². The Morgan fingerprint density at radius 3 is 2.40 bits per heavy atom. The average Bonchev–Trinajstić information content (AvgIpc) is 2.80. The van der Waals surface area contributed by atoms with Crippen molar-refractivity contribution < 1.29 is 4.79 Å². The van der Waals surface area contributed by atoms with E-state index >= 15 is 0 Å². The van der Waals surface area contributed by atoms with Crippen LogP contribution in [0, 0.1) is 6.92 Å². The lowest BCUT2D eigenvalue weighted by atomic mass is 9.99. The van der Waals surface area contributed by atoms with Gasteiger partial charge < -0.3 is 9.80 Å². The number of carbonyl (C=O) groups is 1. The van der Waals surface area contributed by atoms with Gasteiger partial charge in [-0.15, -0.1) is 11.8 Å². The molecule has 0 N–H and O–H groups in total. The minimum absolute atomic E-state index is 0.0876. The number of benzene rings is 2. The molecule has 0 spiro atoms. The maximum Gasteiger partial charge on any atom is 0.254 e. The topological polar surface area (TPSA) is 36.4 Å². The molecule has 0 saturated carbocycles. The van der Waals surface area contributed by atoms with E-state index < -0.39 is 0 Å². The van der Waals surface area contributed by atoms with E-state index in [1.54, 1.807) is 24.2 Å². The maximum absolute atomic E-state index is 13.5. The van der Waals surface area contributed by atoms with Crippen LogP contribution in [0.15, 0.2) is 65.8 Å². The van der Waals surface area contributed by atoms with Crippen molar-refractivity contribution in [2.45, 2.75) is 11.8 Å². The van der Waals surface area contributed by atoms with Gasteiger partial charge in [0.2, 0.25) is 0 Å². The van der Waals surface area contributed by atoms with Gasteiger partial charge in [-0.3, -0.25) is 9.78 Å². The fourth-order valence-corrected chi connectivity index (χ4v) is 4.33. The largest absolute Gasteiger partial charge is 0.368 e. The Hall–Kier alpha value is -2.50. The van der Waals surface area contributed by atoms with Crippen molar-refractivity contribution >= 4 is 35.0 Å². The van der Waals surface area contributed by atoms with Gasteiger partial charge in [0.15, 0.2) is 0 Å². The first-order valence-corrected chi connectivity index (χ1v) is 11.6. The molecule has 1 aromatic heterocycles. The Morgan fingerprint density at radius 1 is 1.00 bits per heavy atom. The summed E-state index contributed by atoms with van der Waals surface area (Å²) in [5.74, 6) is 0.0876. The van der Waals surface area contributed by atoms with Crippen LogP contribution in [0.25, 0.3) is 11.1 Å². The minimum atomic E-state index is 0.0876. The van der Waals surface area contributed by atoms with Crippen LogP contribution >= 0.6 is 23.4 Å². The molecule has 1 aliphatic rings. The number of halogens is 1. The van der Waals surface area contributed by atoms with Gasteiger partial charge in [0.25, 0.3) is 5.91 Å². The monoisotopic (exact) mass is 437 g/mol. The highest BCUT2D eigenvalue weighted by atomic mass is 35.5. The molecule has 30 heavy (non-hydrogen) atoms. The van der Waals surface area contributed by atoms with E-state index in [0.29, 0.717) is 13.1 Å². The molecule has 2 heterocycles. The van der Waals surface area contributed by atoms with Gasteiger partial charge in [-0.1, -0.05) is 17.7 Å². The average molecular weight is 438 g/mol. The van der Waals surface area contributed by atoms with Crippen LogP contribution in [-0.2, 0) is 0 Å². The standard InChI is InChI=1S/C24H24ClN3OS/c1-17-15-19(3-6-23(17)25)27-11-13-28(14-12-27)24(29)22-16-20(30-2)4-5-21(22)18-7-9-26-10-8-18/h3-10,15-16H,11-14H2,1-2H3. The molecule has 4 rings (SSSR count). The van der Waals surface area contributed by atoms with Crippen LogP contribution in [0.3, 0.4) is 0 Å². The fraction of sp³-hybridized carbons (Fsp3) is 0.250. The SMILES string of the molecule is CSc1ccc(-c2ccncc2)c(C(=O)N2CCN(c3ccc(Cl)c(C)c3)CC2)c1. The lowest BCUT2D eigenvalue weighted by molar-refractivity contribution is 0.0747. The molecular weight excluding hydrogens is 414 g/mol. The van der Waals surface area contributed by atoms with Crippen LogP contribution in [0.2, 0.25) is 5.02 Å². The second kappa shape index (κ2) is 9.11. The summed E-state index contributed by atoms with van der Waals surface area (Å²) in [6.45, 7) is 5.02. The molecule has 4 nitrogen and oxygen atoms in total. The molecule has 0 bridgehead atoms. The molecule has 1 fully saturated rings. The molecule has 0 unspecified atom stereocenters. The van der Waals surface area contributed by atoms with Gasteiger partial charge in [0, 0.05) is 59.7 Å². The first kappa shape index (κ1) is 20.8. The third-order valence-corrected chi connectivity index (χ3v) is 6.67. The van der Waals surface area contributed by atoms with Gasteiger partial charge in [-0.25, -0.2) is 0 Å². The fourth-order valence-electron chi connectivity index (χ4n) is 3.77. The summed E-state index contributed by atoms with van der Waals surface area (Å²) in [6.07, 6.45) is 5.56. The number of nitrogens with zero attached hydrogens (tertiary/aromatic N) is 3. The van der Waals surface area contributed by atoms with Crippen molar-refractivity contribution in [1.82, 2.24) is 9.88 Å². The number of anilines is 1. The highest BCUT2D eigenvalue weighted by Gasteiger charge is 2.25. The van der Waals surface area contributed by atoms with Crippen molar-refractivity contribution in [3.63, 3.8) is 0 Å². The molecule has 1 amide bonds. The minimum Gasteiger partial charge on any atom is -0.368 e. The lowest BCUT2D eigenvalue weighted by Gasteiger charge is -2.36. The zero-order chi connectivity index (χ0) is 21.1. The first-order valence-electron chi connectivity index (χ1n) is 9.95. The van der Waals surface area contributed by atoms with Crippen LogP contribution in [-0.4, -0.2) is 48.2 Å². The molecule has 3 aromatic rings. The summed E-state index contributed by atoms with van der Waals surface area (Å²) in [5, 5.41) is 0.782. The van der Waals surface area contributed by atoms with Crippen LogP contribution in [0.4, 0.5) is 5.69 Å². The number of thioether (sulfide) groups is 1. The van der Waals surface area contributed by atoms with E-state index in [0.717, 1.165) is 50.9 Å². The zero-order valence-electron chi connectivity index (χ0n) is 17.1. The molecule has 154 valence electrons. The highest BCUT2D eigenvalue weighted by Crippen LogP contribution is 2.29. The molecule has 0 aliphatic carbocycles. The van der Waals surface area contributed by atoms with Crippen LogP contribution in [0.5, 0.6) is 0 Å². The van der Waals surface area contributed by atoms with E-state index in [1.165, 1.54) is 0 Å². The second-order valence-corrected chi connectivity index (χ2v) is 8.65. The number of carbonyl (C=O) groups excluding carboxylic acids is 1. The number of aryl methyl sites for hydroxylation is 1. The summed E-state index contributed by atoms with van der Waals surface area (Å²) in [6, 6.07) is 16.1. The molecule has 0 radical (unpaired) electrons. The number of aromatic nitrogens is 1. The summed E-state index contributed by atoms with van der Waals surface area (Å²) in [7, 11) is 0. The summed E-state index contributed by atoms with van der Waals surface area (Å²) >= 11 is 7.81. The maximum atomic E-state index is 13.5. The van der Waals surface area contributed by atoms with Crippen LogP contribution < -0.4 is 4.90 Å². The Balaban J connectivity index is 1.55. The zero-order valence-corrected chi connectivity index (χ0v) is 18.7. The van der Waals surface area contributed by atoms with Gasteiger partial charge in [0.05, 0.1) is 0 Å². The predicted octanol–water partition coefficient (Wildman–Crippen LogP) is 5.39. The number of hydrogen-bond acceptors (Lipinski definition) is 4. The van der Waals surface area contributed by atoms with Gasteiger partial charge >= 0.3 is 0 Å². The Bertz CT molecular complexity index is 1050. The predicted molar refractivity (Wildman–Crippen MR) is 126 cm³/mol. The number of rotatable bonds is 4. The molecule has 1 saturated heterocycles. The van der Waals surface area contributed by atoms with Crippen molar-refractivity contribution in [1.29, 1.82) is 0 Å². The molecule has 1 aliphatic heterocycles. The van der Waals surface area contributed by atoms with Crippen molar-refractivity contribution in [2.75, 3.05) is 37.3 Å². The quantitative estimate of drug-likeness (QED) is 0.512. The lowest BCUT2D eigenvalue weighted by Crippen LogP contribution is -2.48. The number of piperazine rings is 1. The number of amides is 1. The summed E-state index contributed by atoms with van der Waals surface area (Å²) in [4.78, 5) is 22.9.